The molecule has 154 valence electrons. The van der Waals surface area contributed by atoms with E-state index in [9.17, 15) is 0 Å². The van der Waals surface area contributed by atoms with Crippen molar-refractivity contribution in [1.82, 2.24) is 15.6 Å². The summed E-state index contributed by atoms with van der Waals surface area (Å²) in [5.41, 5.74) is 2.65. The van der Waals surface area contributed by atoms with E-state index < -0.39 is 0 Å². The number of hydrogen-bond acceptors (Lipinski definition) is 3. The van der Waals surface area contributed by atoms with Gasteiger partial charge in [0.1, 0.15) is 0 Å². The van der Waals surface area contributed by atoms with Gasteiger partial charge in [-0.1, -0.05) is 18.9 Å². The molecule has 0 atom stereocenters. The van der Waals surface area contributed by atoms with Gasteiger partial charge in [-0.25, -0.2) is 0 Å². The number of aryl methyl sites for hydroxylation is 1. The first-order valence-electron chi connectivity index (χ1n) is 10.2. The molecule has 1 fully saturated rings. The van der Waals surface area contributed by atoms with E-state index in [-0.39, 0.29) is 24.0 Å². The van der Waals surface area contributed by atoms with E-state index in [0.29, 0.717) is 5.41 Å². The highest BCUT2D eigenvalue weighted by molar-refractivity contribution is 14.0. The number of aromatic nitrogens is 1. The van der Waals surface area contributed by atoms with Crippen LogP contribution < -0.4 is 10.6 Å². The second kappa shape index (κ2) is 13.3. The van der Waals surface area contributed by atoms with Gasteiger partial charge < -0.3 is 15.4 Å². The minimum Gasteiger partial charge on any atom is -0.382 e. The summed E-state index contributed by atoms with van der Waals surface area (Å²) >= 11 is 0. The Morgan fingerprint density at radius 3 is 2.63 bits per heavy atom. The lowest BCUT2D eigenvalue weighted by atomic mass is 9.83. The quantitative estimate of drug-likeness (QED) is 0.226. The van der Waals surface area contributed by atoms with Crippen molar-refractivity contribution in [2.45, 2.75) is 59.3 Å². The number of guanidine groups is 1. The molecule has 27 heavy (non-hydrogen) atoms. The third-order valence-corrected chi connectivity index (χ3v) is 5.24. The summed E-state index contributed by atoms with van der Waals surface area (Å²) < 4.78 is 5.61. The first-order chi connectivity index (χ1) is 12.7. The summed E-state index contributed by atoms with van der Waals surface area (Å²) in [6.45, 7) is 10.5. The molecule has 1 aromatic heterocycles. The molecule has 0 aliphatic heterocycles. The van der Waals surface area contributed by atoms with Gasteiger partial charge >= 0.3 is 0 Å². The van der Waals surface area contributed by atoms with Crippen LogP contribution in [0.4, 0.5) is 0 Å². The standard InChI is InChI=1S/C21H36N4O.HI/c1-4-22-20(23-14-10-19-9-8-18(3)24-16-19)25-17-21(11-6-7-12-21)13-15-26-5-2;/h8-9,16H,4-7,10-15,17H2,1-3H3,(H2,22,23,25);1H. The molecule has 1 aromatic rings. The van der Waals surface area contributed by atoms with Crippen LogP contribution in [0.5, 0.6) is 0 Å². The Morgan fingerprint density at radius 2 is 2.00 bits per heavy atom. The number of halogens is 1. The van der Waals surface area contributed by atoms with Crippen molar-refractivity contribution in [3.8, 4) is 0 Å². The van der Waals surface area contributed by atoms with Crippen LogP contribution in [-0.4, -0.2) is 43.8 Å². The predicted molar refractivity (Wildman–Crippen MR) is 124 cm³/mol. The summed E-state index contributed by atoms with van der Waals surface area (Å²) in [6, 6.07) is 4.21. The fourth-order valence-electron chi connectivity index (χ4n) is 3.61. The van der Waals surface area contributed by atoms with E-state index in [1.807, 2.05) is 13.1 Å². The molecule has 2 rings (SSSR count). The molecule has 0 bridgehead atoms. The molecule has 0 aromatic carbocycles. The van der Waals surface area contributed by atoms with E-state index in [0.717, 1.165) is 57.3 Å². The normalized spacial score (nSPS) is 16.0. The van der Waals surface area contributed by atoms with Crippen LogP contribution >= 0.6 is 24.0 Å². The molecule has 1 aliphatic rings. The largest absolute Gasteiger partial charge is 0.382 e. The van der Waals surface area contributed by atoms with Crippen LogP contribution in [0.1, 0.15) is 57.2 Å². The number of ether oxygens (including phenoxy) is 1. The Kier molecular flexibility index (Phi) is 11.9. The molecule has 0 radical (unpaired) electrons. The lowest BCUT2D eigenvalue weighted by molar-refractivity contribution is 0.107. The van der Waals surface area contributed by atoms with Gasteiger partial charge in [0.15, 0.2) is 5.96 Å². The smallest absolute Gasteiger partial charge is 0.191 e. The topological polar surface area (TPSA) is 58.5 Å². The number of nitrogens with one attached hydrogen (secondary N) is 2. The molecule has 5 nitrogen and oxygen atoms in total. The minimum absolute atomic E-state index is 0. The molecular formula is C21H37IN4O. The van der Waals surface area contributed by atoms with Crippen LogP contribution in [0, 0.1) is 12.3 Å². The summed E-state index contributed by atoms with van der Waals surface area (Å²) in [6.07, 6.45) is 9.24. The fraction of sp³-hybridized carbons (Fsp3) is 0.714. The van der Waals surface area contributed by atoms with Gasteiger partial charge in [-0.3, -0.25) is 9.98 Å². The number of rotatable bonds is 10. The summed E-state index contributed by atoms with van der Waals surface area (Å²) in [7, 11) is 0. The van der Waals surface area contributed by atoms with Crippen LogP contribution in [0.25, 0.3) is 0 Å². The Balaban J connectivity index is 0.00000364. The highest BCUT2D eigenvalue weighted by Gasteiger charge is 2.33. The highest BCUT2D eigenvalue weighted by Crippen LogP contribution is 2.41. The Labute approximate surface area is 182 Å². The number of aliphatic imine (C=N–C) groups is 1. The monoisotopic (exact) mass is 488 g/mol. The fourth-order valence-corrected chi connectivity index (χ4v) is 3.61. The maximum atomic E-state index is 5.61. The maximum Gasteiger partial charge on any atom is 0.191 e. The van der Waals surface area contributed by atoms with E-state index >= 15 is 0 Å². The van der Waals surface area contributed by atoms with E-state index in [1.165, 1.54) is 31.2 Å². The van der Waals surface area contributed by atoms with Crippen LogP contribution in [0.2, 0.25) is 0 Å². The zero-order valence-corrected chi connectivity index (χ0v) is 19.6. The van der Waals surface area contributed by atoms with Gasteiger partial charge in [0.25, 0.3) is 0 Å². The number of pyridine rings is 1. The molecule has 0 unspecified atom stereocenters. The van der Waals surface area contributed by atoms with E-state index in [2.05, 4.69) is 41.6 Å². The van der Waals surface area contributed by atoms with Gasteiger partial charge in [-0.15, -0.1) is 24.0 Å². The van der Waals surface area contributed by atoms with Crippen LogP contribution in [0.3, 0.4) is 0 Å². The van der Waals surface area contributed by atoms with Gasteiger partial charge in [0.2, 0.25) is 0 Å². The first-order valence-corrected chi connectivity index (χ1v) is 10.2. The minimum atomic E-state index is 0. The zero-order chi connectivity index (χ0) is 18.7. The first kappa shape index (κ1) is 24.1. The Morgan fingerprint density at radius 1 is 1.22 bits per heavy atom. The second-order valence-corrected chi connectivity index (χ2v) is 7.33. The number of nitrogens with zero attached hydrogens (tertiary/aromatic N) is 2. The SMILES string of the molecule is CCNC(=NCC1(CCOCC)CCCC1)NCCc1ccc(C)nc1.I. The van der Waals surface area contributed by atoms with Crippen molar-refractivity contribution in [2.75, 3.05) is 32.8 Å². The van der Waals surface area contributed by atoms with Crippen LogP contribution in [0.15, 0.2) is 23.3 Å². The van der Waals surface area contributed by atoms with Gasteiger partial charge in [0.05, 0.1) is 0 Å². The molecule has 1 heterocycles. The summed E-state index contributed by atoms with van der Waals surface area (Å²) in [4.78, 5) is 9.28. The molecule has 0 saturated heterocycles. The van der Waals surface area contributed by atoms with Crippen LogP contribution in [-0.2, 0) is 11.2 Å². The van der Waals surface area contributed by atoms with Crippen molar-refractivity contribution in [2.24, 2.45) is 10.4 Å². The molecule has 6 heteroatoms. The van der Waals surface area contributed by atoms with Gasteiger partial charge in [0, 0.05) is 44.7 Å². The second-order valence-electron chi connectivity index (χ2n) is 7.33. The Hall–Kier alpha value is -0.890. The maximum absolute atomic E-state index is 5.61. The third kappa shape index (κ3) is 8.77. The predicted octanol–water partition coefficient (Wildman–Crippen LogP) is 4.09. The van der Waals surface area contributed by atoms with Crippen molar-refractivity contribution in [3.05, 3.63) is 29.6 Å². The lowest BCUT2D eigenvalue weighted by Gasteiger charge is -2.27. The van der Waals surface area contributed by atoms with Crippen molar-refractivity contribution >= 4 is 29.9 Å². The lowest BCUT2D eigenvalue weighted by Crippen LogP contribution is -2.39. The average molecular weight is 488 g/mol. The number of hydrogen-bond donors (Lipinski definition) is 2. The van der Waals surface area contributed by atoms with Gasteiger partial charge in [-0.05, 0) is 63.5 Å². The van der Waals surface area contributed by atoms with E-state index in [4.69, 9.17) is 9.73 Å². The zero-order valence-electron chi connectivity index (χ0n) is 17.2. The van der Waals surface area contributed by atoms with E-state index in [1.54, 1.807) is 0 Å². The summed E-state index contributed by atoms with van der Waals surface area (Å²) in [5, 5.41) is 6.85. The molecular weight excluding hydrogens is 451 g/mol. The molecule has 0 spiro atoms. The Bertz CT molecular complexity index is 542. The van der Waals surface area contributed by atoms with Gasteiger partial charge in [-0.2, -0.15) is 0 Å². The molecule has 2 N–H and O–H groups in total. The highest BCUT2D eigenvalue weighted by atomic mass is 127. The van der Waals surface area contributed by atoms with Crippen molar-refractivity contribution < 1.29 is 4.74 Å². The van der Waals surface area contributed by atoms with Crippen molar-refractivity contribution in [3.63, 3.8) is 0 Å². The molecule has 1 saturated carbocycles. The average Bonchev–Trinajstić information content (AvgIpc) is 3.11. The third-order valence-electron chi connectivity index (χ3n) is 5.24. The van der Waals surface area contributed by atoms with Crippen molar-refractivity contribution in [1.29, 1.82) is 0 Å². The summed E-state index contributed by atoms with van der Waals surface area (Å²) in [5.74, 6) is 0.926. The molecule has 1 aliphatic carbocycles. The molecule has 0 amide bonds.